The van der Waals surface area contributed by atoms with Crippen LogP contribution in [0.25, 0.3) is 16.6 Å². The third-order valence-electron chi connectivity index (χ3n) is 5.06. The first-order valence-electron chi connectivity index (χ1n) is 9.31. The van der Waals surface area contributed by atoms with Crippen LogP contribution in [0.5, 0.6) is 0 Å². The van der Waals surface area contributed by atoms with Gasteiger partial charge < -0.3 is 4.90 Å². The maximum atomic E-state index is 13.9. The van der Waals surface area contributed by atoms with Gasteiger partial charge in [-0.1, -0.05) is 24.3 Å². The molecule has 10 heteroatoms. The Morgan fingerprint density at radius 2 is 1.80 bits per heavy atom. The van der Waals surface area contributed by atoms with Crippen molar-refractivity contribution < 1.29 is 17.6 Å². The Bertz CT molecular complexity index is 1230. The summed E-state index contributed by atoms with van der Waals surface area (Å²) in [5.41, 5.74) is 1.81. The number of rotatable bonds is 4. The Morgan fingerprint density at radius 1 is 1.07 bits per heavy atom. The van der Waals surface area contributed by atoms with Crippen molar-refractivity contribution in [3.8, 4) is 0 Å². The molecule has 0 saturated carbocycles. The highest BCUT2D eigenvalue weighted by atomic mass is 32.2. The van der Waals surface area contributed by atoms with Crippen molar-refractivity contribution in [2.75, 3.05) is 26.2 Å². The minimum absolute atomic E-state index is 0.129. The second kappa shape index (κ2) is 8.21. The van der Waals surface area contributed by atoms with E-state index in [1.165, 1.54) is 22.5 Å². The number of carbonyl (C=O) groups is 1. The lowest BCUT2D eigenvalue weighted by molar-refractivity contribution is -0.127. The van der Waals surface area contributed by atoms with E-state index in [4.69, 9.17) is 0 Å². The van der Waals surface area contributed by atoms with Crippen molar-refractivity contribution >= 4 is 44.3 Å². The molecule has 0 unspecified atom stereocenters. The standard InChI is InChI=1S/C20H19FN4O3S2/c1-14(15-5-2-3-6-16(15)21)13-19(26)24-9-11-25(12-10-24)30(27,28)18-8-4-7-17-20(18)23-29-22-17/h2-8,13H,9-12H2,1H3. The summed E-state index contributed by atoms with van der Waals surface area (Å²) in [7, 11) is -3.74. The number of benzene rings is 2. The summed E-state index contributed by atoms with van der Waals surface area (Å²) >= 11 is 0.970. The molecule has 2 heterocycles. The Balaban J connectivity index is 1.47. The largest absolute Gasteiger partial charge is 0.337 e. The molecule has 1 fully saturated rings. The average Bonchev–Trinajstić information content (AvgIpc) is 3.23. The molecule has 1 amide bonds. The van der Waals surface area contributed by atoms with Gasteiger partial charge in [-0.2, -0.15) is 13.1 Å². The van der Waals surface area contributed by atoms with Crippen LogP contribution in [-0.2, 0) is 14.8 Å². The van der Waals surface area contributed by atoms with Crippen LogP contribution in [0.1, 0.15) is 12.5 Å². The molecular formula is C20H19FN4O3S2. The number of halogens is 1. The van der Waals surface area contributed by atoms with Crippen molar-refractivity contribution in [3.05, 3.63) is 59.9 Å². The third kappa shape index (κ3) is 3.85. The molecule has 0 N–H and O–H groups in total. The van der Waals surface area contributed by atoms with Gasteiger partial charge in [-0.3, -0.25) is 4.79 Å². The van der Waals surface area contributed by atoms with E-state index < -0.39 is 10.0 Å². The molecule has 3 aromatic rings. The molecule has 1 aliphatic heterocycles. The topological polar surface area (TPSA) is 83.5 Å². The first-order valence-corrected chi connectivity index (χ1v) is 11.5. The average molecular weight is 447 g/mol. The molecule has 4 rings (SSSR count). The molecule has 2 aromatic carbocycles. The highest BCUT2D eigenvalue weighted by Crippen LogP contribution is 2.25. The van der Waals surface area contributed by atoms with Crippen molar-refractivity contribution in [2.24, 2.45) is 0 Å². The lowest BCUT2D eigenvalue weighted by Crippen LogP contribution is -2.50. The Labute approximate surface area is 177 Å². The van der Waals surface area contributed by atoms with Crippen LogP contribution in [-0.4, -0.2) is 58.5 Å². The Morgan fingerprint density at radius 3 is 2.53 bits per heavy atom. The van der Waals surface area contributed by atoms with Gasteiger partial charge in [0.1, 0.15) is 21.7 Å². The quantitative estimate of drug-likeness (QED) is 0.576. The number of hydrogen-bond donors (Lipinski definition) is 0. The third-order valence-corrected chi connectivity index (χ3v) is 7.53. The van der Waals surface area contributed by atoms with Gasteiger partial charge in [-0.05, 0) is 30.7 Å². The Kier molecular flexibility index (Phi) is 5.63. The SMILES string of the molecule is CC(=CC(=O)N1CCN(S(=O)(=O)c2cccc3nsnc23)CC1)c1ccccc1F. The van der Waals surface area contributed by atoms with Crippen molar-refractivity contribution in [3.63, 3.8) is 0 Å². The predicted molar refractivity (Wildman–Crippen MR) is 113 cm³/mol. The van der Waals surface area contributed by atoms with Gasteiger partial charge in [0, 0.05) is 37.8 Å². The summed E-state index contributed by atoms with van der Waals surface area (Å²) in [5, 5.41) is 0. The smallest absolute Gasteiger partial charge is 0.246 e. The predicted octanol–water partition coefficient (Wildman–Crippen LogP) is 2.77. The van der Waals surface area contributed by atoms with Crippen LogP contribution in [0.15, 0.2) is 53.4 Å². The lowest BCUT2D eigenvalue weighted by atomic mass is 10.1. The maximum Gasteiger partial charge on any atom is 0.246 e. The van der Waals surface area contributed by atoms with E-state index >= 15 is 0 Å². The summed E-state index contributed by atoms with van der Waals surface area (Å²) in [4.78, 5) is 14.3. The summed E-state index contributed by atoms with van der Waals surface area (Å²) in [6.07, 6.45) is 1.39. The van der Waals surface area contributed by atoms with Crippen molar-refractivity contribution in [2.45, 2.75) is 11.8 Å². The fraction of sp³-hybridized carbons (Fsp3) is 0.250. The first-order chi connectivity index (χ1) is 14.4. The Hall–Kier alpha value is -2.69. The normalized spacial score (nSPS) is 16.2. The van der Waals surface area contributed by atoms with Crippen LogP contribution >= 0.6 is 11.7 Å². The monoisotopic (exact) mass is 446 g/mol. The van der Waals surface area contributed by atoms with Gasteiger partial charge in [-0.15, -0.1) is 0 Å². The number of allylic oxidation sites excluding steroid dienone is 1. The highest BCUT2D eigenvalue weighted by molar-refractivity contribution is 7.89. The zero-order valence-electron chi connectivity index (χ0n) is 16.2. The minimum Gasteiger partial charge on any atom is -0.337 e. The number of hydrogen-bond acceptors (Lipinski definition) is 6. The van der Waals surface area contributed by atoms with Crippen LogP contribution < -0.4 is 0 Å². The molecule has 0 atom stereocenters. The van der Waals surface area contributed by atoms with E-state index in [2.05, 4.69) is 8.75 Å². The number of piperazine rings is 1. The van der Waals surface area contributed by atoms with E-state index in [1.54, 1.807) is 42.2 Å². The number of amides is 1. The van der Waals surface area contributed by atoms with Gasteiger partial charge in [0.05, 0.1) is 11.7 Å². The molecule has 1 aromatic heterocycles. The second-order valence-electron chi connectivity index (χ2n) is 6.92. The fourth-order valence-corrected chi connectivity index (χ4v) is 5.59. The molecule has 156 valence electrons. The zero-order chi connectivity index (χ0) is 21.3. The van der Waals surface area contributed by atoms with Crippen molar-refractivity contribution in [1.29, 1.82) is 0 Å². The molecule has 7 nitrogen and oxygen atoms in total. The summed E-state index contributed by atoms with van der Waals surface area (Å²) in [6, 6.07) is 11.2. The van der Waals surface area contributed by atoms with Crippen LogP contribution in [0.4, 0.5) is 4.39 Å². The van der Waals surface area contributed by atoms with Gasteiger partial charge >= 0.3 is 0 Å². The number of fused-ring (bicyclic) bond motifs is 1. The van der Waals surface area contributed by atoms with E-state index in [9.17, 15) is 17.6 Å². The summed E-state index contributed by atoms with van der Waals surface area (Å²) < 4.78 is 49.6. The molecule has 0 aliphatic carbocycles. The highest BCUT2D eigenvalue weighted by Gasteiger charge is 2.31. The van der Waals surface area contributed by atoms with Gasteiger partial charge in [0.2, 0.25) is 15.9 Å². The van der Waals surface area contributed by atoms with Crippen LogP contribution in [0, 0.1) is 5.82 Å². The number of nitrogens with zero attached hydrogens (tertiary/aromatic N) is 4. The second-order valence-corrected chi connectivity index (χ2v) is 9.36. The molecule has 1 saturated heterocycles. The molecule has 1 aliphatic rings. The number of aromatic nitrogens is 2. The van der Waals surface area contributed by atoms with Crippen LogP contribution in [0.2, 0.25) is 0 Å². The zero-order valence-corrected chi connectivity index (χ0v) is 17.8. The van der Waals surface area contributed by atoms with Gasteiger partial charge in [0.15, 0.2) is 0 Å². The van der Waals surface area contributed by atoms with Crippen LogP contribution in [0.3, 0.4) is 0 Å². The fourth-order valence-electron chi connectivity index (χ4n) is 3.41. The van der Waals surface area contributed by atoms with E-state index in [0.29, 0.717) is 22.2 Å². The summed E-state index contributed by atoms with van der Waals surface area (Å²) in [5.74, 6) is -0.653. The lowest BCUT2D eigenvalue weighted by Gasteiger charge is -2.33. The molecule has 0 spiro atoms. The number of carbonyl (C=O) groups excluding carboxylic acids is 1. The van der Waals surface area contributed by atoms with E-state index in [-0.39, 0.29) is 42.8 Å². The molecular weight excluding hydrogens is 427 g/mol. The van der Waals surface area contributed by atoms with E-state index in [0.717, 1.165) is 11.7 Å². The molecule has 30 heavy (non-hydrogen) atoms. The first kappa shape index (κ1) is 20.6. The minimum atomic E-state index is -3.74. The van der Waals surface area contributed by atoms with E-state index in [1.807, 2.05) is 0 Å². The van der Waals surface area contributed by atoms with Gasteiger partial charge in [-0.25, -0.2) is 12.8 Å². The summed E-state index contributed by atoms with van der Waals surface area (Å²) in [6.45, 7) is 2.54. The van der Waals surface area contributed by atoms with Crippen molar-refractivity contribution in [1.82, 2.24) is 18.0 Å². The molecule has 0 bridgehead atoms. The van der Waals surface area contributed by atoms with Gasteiger partial charge in [0.25, 0.3) is 0 Å². The number of sulfonamides is 1. The molecule has 0 radical (unpaired) electrons. The maximum absolute atomic E-state index is 13.9.